The molecule has 1 amide bonds. The molecule has 4 rings (SSSR count). The molecule has 0 fully saturated rings. The smallest absolute Gasteiger partial charge is 0.255 e. The molecule has 146 valence electrons. The van der Waals surface area contributed by atoms with Crippen molar-refractivity contribution in [2.24, 2.45) is 0 Å². The van der Waals surface area contributed by atoms with Crippen LogP contribution in [0.2, 0.25) is 0 Å². The van der Waals surface area contributed by atoms with Crippen molar-refractivity contribution in [1.29, 1.82) is 0 Å². The van der Waals surface area contributed by atoms with Crippen molar-refractivity contribution in [3.8, 4) is 22.7 Å². The zero-order chi connectivity index (χ0) is 20.2. The first kappa shape index (κ1) is 18.6. The van der Waals surface area contributed by atoms with Gasteiger partial charge in [-0.3, -0.25) is 4.79 Å². The molecule has 0 aliphatic carbocycles. The van der Waals surface area contributed by atoms with Crippen molar-refractivity contribution >= 4 is 5.91 Å². The molecule has 0 spiro atoms. The van der Waals surface area contributed by atoms with Gasteiger partial charge < -0.3 is 14.5 Å². The van der Waals surface area contributed by atoms with Gasteiger partial charge in [0.1, 0.15) is 11.4 Å². The van der Waals surface area contributed by atoms with Gasteiger partial charge in [-0.1, -0.05) is 29.8 Å². The van der Waals surface area contributed by atoms with Crippen molar-refractivity contribution < 1.29 is 13.9 Å². The molecule has 6 nitrogen and oxygen atoms in total. The number of aryl methyl sites for hydroxylation is 1. The molecular weight excluding hydrogens is 366 g/mol. The Morgan fingerprint density at radius 3 is 2.72 bits per heavy atom. The fourth-order valence-electron chi connectivity index (χ4n) is 3.02. The lowest BCUT2D eigenvalue weighted by molar-refractivity contribution is 0.0951. The second-order valence-corrected chi connectivity index (χ2v) is 6.72. The number of nitrogens with one attached hydrogen (secondary N) is 1. The van der Waals surface area contributed by atoms with E-state index in [4.69, 9.17) is 14.3 Å². The van der Waals surface area contributed by atoms with Crippen LogP contribution in [0.5, 0.6) is 5.75 Å². The number of methoxy groups -OCH3 is 1. The minimum atomic E-state index is -0.206. The van der Waals surface area contributed by atoms with Crippen LogP contribution in [0.4, 0.5) is 0 Å². The average molecular weight is 387 g/mol. The van der Waals surface area contributed by atoms with E-state index in [2.05, 4.69) is 5.32 Å². The Hall–Kier alpha value is -3.80. The highest BCUT2D eigenvalue weighted by Crippen LogP contribution is 2.27. The molecule has 0 saturated heterocycles. The zero-order valence-electron chi connectivity index (χ0n) is 16.3. The summed E-state index contributed by atoms with van der Waals surface area (Å²) >= 11 is 0. The standard InChI is InChI=1S/C23H21N3O3/c1-16-6-8-19(9-7-16)26-14-21(23(27)24-13-17-10-11-29-15-17)22(25-26)18-4-3-5-20(12-18)28-2/h3-12,14-15H,13H2,1-2H3,(H,24,27). The van der Waals surface area contributed by atoms with Crippen LogP contribution in [-0.2, 0) is 6.54 Å². The van der Waals surface area contributed by atoms with E-state index in [1.165, 1.54) is 0 Å². The molecule has 2 aromatic carbocycles. The molecule has 29 heavy (non-hydrogen) atoms. The van der Waals surface area contributed by atoms with Gasteiger partial charge in [-0.2, -0.15) is 5.10 Å². The highest BCUT2D eigenvalue weighted by molar-refractivity contribution is 6.00. The van der Waals surface area contributed by atoms with Crippen LogP contribution >= 0.6 is 0 Å². The lowest BCUT2D eigenvalue weighted by Crippen LogP contribution is -2.22. The van der Waals surface area contributed by atoms with E-state index in [0.29, 0.717) is 23.6 Å². The second kappa shape index (κ2) is 8.06. The maximum atomic E-state index is 13.0. The molecule has 0 radical (unpaired) electrons. The number of amides is 1. The minimum Gasteiger partial charge on any atom is -0.497 e. The zero-order valence-corrected chi connectivity index (χ0v) is 16.3. The SMILES string of the molecule is COc1cccc(-c2nn(-c3ccc(C)cc3)cc2C(=O)NCc2ccoc2)c1. The van der Waals surface area contributed by atoms with Crippen molar-refractivity contribution in [3.05, 3.63) is 90.0 Å². The van der Waals surface area contributed by atoms with Gasteiger partial charge >= 0.3 is 0 Å². The number of furan rings is 1. The van der Waals surface area contributed by atoms with Crippen LogP contribution in [0.25, 0.3) is 16.9 Å². The number of nitrogens with zero attached hydrogens (tertiary/aromatic N) is 2. The van der Waals surface area contributed by atoms with E-state index in [9.17, 15) is 4.79 Å². The number of rotatable bonds is 6. The maximum Gasteiger partial charge on any atom is 0.255 e. The number of hydrogen-bond donors (Lipinski definition) is 1. The van der Waals surface area contributed by atoms with E-state index in [1.807, 2.05) is 61.5 Å². The van der Waals surface area contributed by atoms with E-state index >= 15 is 0 Å². The third kappa shape index (κ3) is 4.06. The van der Waals surface area contributed by atoms with Crippen molar-refractivity contribution in [3.63, 3.8) is 0 Å². The van der Waals surface area contributed by atoms with E-state index in [-0.39, 0.29) is 5.91 Å². The fourth-order valence-corrected chi connectivity index (χ4v) is 3.02. The molecule has 0 unspecified atom stereocenters. The Morgan fingerprint density at radius 2 is 2.00 bits per heavy atom. The molecule has 0 aliphatic rings. The topological polar surface area (TPSA) is 69.3 Å². The average Bonchev–Trinajstić information content (AvgIpc) is 3.43. The summed E-state index contributed by atoms with van der Waals surface area (Å²) in [4.78, 5) is 13.0. The molecule has 0 saturated carbocycles. The summed E-state index contributed by atoms with van der Waals surface area (Å²) in [5.74, 6) is 0.500. The molecule has 0 atom stereocenters. The Kier molecular flexibility index (Phi) is 5.16. The van der Waals surface area contributed by atoms with E-state index in [1.54, 1.807) is 30.5 Å². The molecule has 1 N–H and O–H groups in total. The third-order valence-electron chi connectivity index (χ3n) is 4.63. The van der Waals surface area contributed by atoms with Crippen LogP contribution in [0.1, 0.15) is 21.5 Å². The number of hydrogen-bond acceptors (Lipinski definition) is 4. The van der Waals surface area contributed by atoms with Crippen LogP contribution in [0.15, 0.2) is 77.7 Å². The Bertz CT molecular complexity index is 1110. The lowest BCUT2D eigenvalue weighted by Gasteiger charge is -2.06. The molecular formula is C23H21N3O3. The summed E-state index contributed by atoms with van der Waals surface area (Å²) in [7, 11) is 1.61. The normalized spacial score (nSPS) is 10.7. The maximum absolute atomic E-state index is 13.0. The third-order valence-corrected chi connectivity index (χ3v) is 4.63. The van der Waals surface area contributed by atoms with E-state index < -0.39 is 0 Å². The number of aromatic nitrogens is 2. The van der Waals surface area contributed by atoms with E-state index in [0.717, 1.165) is 22.4 Å². The first-order valence-electron chi connectivity index (χ1n) is 9.24. The number of carbonyl (C=O) groups is 1. The number of benzene rings is 2. The lowest BCUT2D eigenvalue weighted by atomic mass is 10.1. The van der Waals surface area contributed by atoms with Gasteiger partial charge in [0.15, 0.2) is 0 Å². The summed E-state index contributed by atoms with van der Waals surface area (Å²) in [6.45, 7) is 2.41. The summed E-state index contributed by atoms with van der Waals surface area (Å²) in [6, 6.07) is 17.3. The van der Waals surface area contributed by atoms with Crippen molar-refractivity contribution in [2.45, 2.75) is 13.5 Å². The highest BCUT2D eigenvalue weighted by atomic mass is 16.5. The number of carbonyl (C=O) groups excluding carboxylic acids is 1. The van der Waals surface area contributed by atoms with Gasteiger partial charge in [0.25, 0.3) is 5.91 Å². The summed E-state index contributed by atoms with van der Waals surface area (Å²) < 4.78 is 12.1. The first-order chi connectivity index (χ1) is 14.1. The van der Waals surface area contributed by atoms with Gasteiger partial charge in [-0.25, -0.2) is 4.68 Å². The molecule has 0 bridgehead atoms. The van der Waals surface area contributed by atoms with Gasteiger partial charge in [0, 0.05) is 23.9 Å². The van der Waals surface area contributed by atoms with Crippen molar-refractivity contribution in [2.75, 3.05) is 7.11 Å². The summed E-state index contributed by atoms with van der Waals surface area (Å²) in [5.41, 5.74) is 4.83. The molecule has 6 heteroatoms. The predicted octanol–water partition coefficient (Wildman–Crippen LogP) is 4.38. The molecule has 4 aromatic rings. The highest BCUT2D eigenvalue weighted by Gasteiger charge is 2.19. The van der Waals surface area contributed by atoms with Gasteiger partial charge in [0.05, 0.1) is 30.9 Å². The Morgan fingerprint density at radius 1 is 1.17 bits per heavy atom. The molecule has 0 aliphatic heterocycles. The monoisotopic (exact) mass is 387 g/mol. The first-order valence-corrected chi connectivity index (χ1v) is 9.24. The molecule has 2 heterocycles. The summed E-state index contributed by atoms with van der Waals surface area (Å²) in [6.07, 6.45) is 4.95. The minimum absolute atomic E-state index is 0.206. The van der Waals surface area contributed by atoms with Gasteiger partial charge in [0.2, 0.25) is 0 Å². The number of ether oxygens (including phenoxy) is 1. The van der Waals surface area contributed by atoms with Crippen LogP contribution in [0.3, 0.4) is 0 Å². The summed E-state index contributed by atoms with van der Waals surface area (Å²) in [5, 5.41) is 7.63. The van der Waals surface area contributed by atoms with Crippen LogP contribution in [-0.4, -0.2) is 22.8 Å². The van der Waals surface area contributed by atoms with Crippen molar-refractivity contribution in [1.82, 2.24) is 15.1 Å². The predicted molar refractivity (Wildman–Crippen MR) is 110 cm³/mol. The van der Waals surface area contributed by atoms with Crippen LogP contribution in [0, 0.1) is 6.92 Å². The quantitative estimate of drug-likeness (QED) is 0.533. The van der Waals surface area contributed by atoms with Crippen LogP contribution < -0.4 is 10.1 Å². The van der Waals surface area contributed by atoms with Gasteiger partial charge in [-0.15, -0.1) is 0 Å². The van der Waals surface area contributed by atoms with Gasteiger partial charge in [-0.05, 0) is 37.3 Å². The second-order valence-electron chi connectivity index (χ2n) is 6.72. The molecule has 2 aromatic heterocycles. The fraction of sp³-hybridized carbons (Fsp3) is 0.130. The Balaban J connectivity index is 1.72. The Labute approximate surface area is 168 Å². The largest absolute Gasteiger partial charge is 0.497 e.